The molecule has 2 N–H and O–H groups in total. The first-order chi connectivity index (χ1) is 7.20. The molecule has 1 aliphatic rings. The maximum absolute atomic E-state index is 12.9. The Hall–Kier alpha value is -0.970. The van der Waals surface area contributed by atoms with E-state index in [0.29, 0.717) is 13.2 Å². The number of halogens is 1. The van der Waals surface area contributed by atoms with Crippen LogP contribution in [0.2, 0.25) is 0 Å². The SMILES string of the molecule is Cc1cc(F)ccc1C1OCC(CN)O1. The molecule has 0 radical (unpaired) electrons. The summed E-state index contributed by atoms with van der Waals surface area (Å²) in [7, 11) is 0. The monoisotopic (exact) mass is 211 g/mol. The van der Waals surface area contributed by atoms with Crippen molar-refractivity contribution in [2.24, 2.45) is 5.73 Å². The summed E-state index contributed by atoms with van der Waals surface area (Å²) in [6.07, 6.45) is -0.460. The van der Waals surface area contributed by atoms with Crippen LogP contribution in [0.1, 0.15) is 17.4 Å². The minimum absolute atomic E-state index is 0.0561. The Morgan fingerprint density at radius 3 is 2.93 bits per heavy atom. The highest BCUT2D eigenvalue weighted by atomic mass is 19.1. The molecule has 2 unspecified atom stereocenters. The summed E-state index contributed by atoms with van der Waals surface area (Å²) in [4.78, 5) is 0. The molecular weight excluding hydrogens is 197 g/mol. The third kappa shape index (κ3) is 2.17. The van der Waals surface area contributed by atoms with Gasteiger partial charge in [0, 0.05) is 12.1 Å². The van der Waals surface area contributed by atoms with E-state index in [1.807, 2.05) is 6.92 Å². The summed E-state index contributed by atoms with van der Waals surface area (Å²) >= 11 is 0. The standard InChI is InChI=1S/C11H14FNO2/c1-7-4-8(12)2-3-10(7)11-14-6-9(5-13)15-11/h2-4,9,11H,5-6,13H2,1H3. The second-order valence-corrected chi connectivity index (χ2v) is 3.66. The lowest BCUT2D eigenvalue weighted by molar-refractivity contribution is -0.0589. The zero-order chi connectivity index (χ0) is 10.8. The van der Waals surface area contributed by atoms with Gasteiger partial charge in [-0.2, -0.15) is 0 Å². The van der Waals surface area contributed by atoms with Crippen molar-refractivity contribution in [2.75, 3.05) is 13.2 Å². The largest absolute Gasteiger partial charge is 0.346 e. The predicted molar refractivity (Wildman–Crippen MR) is 53.8 cm³/mol. The fourth-order valence-corrected chi connectivity index (χ4v) is 1.64. The Bertz CT molecular complexity index is 356. The van der Waals surface area contributed by atoms with Crippen molar-refractivity contribution in [3.8, 4) is 0 Å². The van der Waals surface area contributed by atoms with Crippen LogP contribution >= 0.6 is 0 Å². The molecule has 0 amide bonds. The van der Waals surface area contributed by atoms with Gasteiger partial charge in [-0.05, 0) is 24.6 Å². The van der Waals surface area contributed by atoms with E-state index in [4.69, 9.17) is 15.2 Å². The van der Waals surface area contributed by atoms with Crippen molar-refractivity contribution >= 4 is 0 Å². The minimum atomic E-state index is -0.404. The summed E-state index contributed by atoms with van der Waals surface area (Å²) in [6, 6.07) is 4.57. The number of benzene rings is 1. The summed E-state index contributed by atoms with van der Waals surface area (Å²) in [5.41, 5.74) is 7.17. The topological polar surface area (TPSA) is 44.5 Å². The quantitative estimate of drug-likeness (QED) is 0.806. The van der Waals surface area contributed by atoms with Crippen LogP contribution in [-0.4, -0.2) is 19.3 Å². The van der Waals surface area contributed by atoms with E-state index in [0.717, 1.165) is 11.1 Å². The summed E-state index contributed by atoms with van der Waals surface area (Å²) in [5, 5.41) is 0. The summed E-state index contributed by atoms with van der Waals surface area (Å²) < 4.78 is 23.9. The number of hydrogen-bond donors (Lipinski definition) is 1. The van der Waals surface area contributed by atoms with Crippen LogP contribution in [0.15, 0.2) is 18.2 Å². The molecule has 2 atom stereocenters. The molecule has 1 saturated heterocycles. The number of ether oxygens (including phenoxy) is 2. The fraction of sp³-hybridized carbons (Fsp3) is 0.455. The van der Waals surface area contributed by atoms with E-state index >= 15 is 0 Å². The highest BCUT2D eigenvalue weighted by Gasteiger charge is 2.27. The van der Waals surface area contributed by atoms with Crippen LogP contribution in [0.3, 0.4) is 0 Å². The van der Waals surface area contributed by atoms with Gasteiger partial charge in [-0.3, -0.25) is 0 Å². The van der Waals surface area contributed by atoms with Crippen molar-refractivity contribution in [1.29, 1.82) is 0 Å². The van der Waals surface area contributed by atoms with Gasteiger partial charge in [-0.15, -0.1) is 0 Å². The van der Waals surface area contributed by atoms with Crippen molar-refractivity contribution in [2.45, 2.75) is 19.3 Å². The number of rotatable bonds is 2. The lowest BCUT2D eigenvalue weighted by Crippen LogP contribution is -2.21. The van der Waals surface area contributed by atoms with Crippen molar-refractivity contribution in [3.63, 3.8) is 0 Å². The summed E-state index contributed by atoms with van der Waals surface area (Å²) in [6.45, 7) is 2.77. The van der Waals surface area contributed by atoms with Gasteiger partial charge < -0.3 is 15.2 Å². The van der Waals surface area contributed by atoms with Gasteiger partial charge in [0.25, 0.3) is 0 Å². The Morgan fingerprint density at radius 2 is 2.33 bits per heavy atom. The molecule has 0 saturated carbocycles. The molecule has 15 heavy (non-hydrogen) atoms. The molecule has 0 aliphatic carbocycles. The van der Waals surface area contributed by atoms with Crippen molar-refractivity contribution < 1.29 is 13.9 Å². The molecule has 0 aromatic heterocycles. The zero-order valence-electron chi connectivity index (χ0n) is 8.57. The highest BCUT2D eigenvalue weighted by molar-refractivity contribution is 5.27. The maximum Gasteiger partial charge on any atom is 0.184 e. The maximum atomic E-state index is 12.9. The zero-order valence-corrected chi connectivity index (χ0v) is 8.57. The van der Waals surface area contributed by atoms with E-state index in [9.17, 15) is 4.39 Å². The average Bonchev–Trinajstić information content (AvgIpc) is 2.66. The molecule has 3 nitrogen and oxygen atoms in total. The van der Waals surface area contributed by atoms with Crippen molar-refractivity contribution in [3.05, 3.63) is 35.1 Å². The molecule has 1 aromatic carbocycles. The normalized spacial score (nSPS) is 25.8. The van der Waals surface area contributed by atoms with Crippen LogP contribution in [0.25, 0.3) is 0 Å². The number of aryl methyl sites for hydroxylation is 1. The van der Waals surface area contributed by atoms with Gasteiger partial charge in [0.2, 0.25) is 0 Å². The Kier molecular flexibility index (Phi) is 3.00. The van der Waals surface area contributed by atoms with Gasteiger partial charge in [0.05, 0.1) is 12.7 Å². The first kappa shape index (κ1) is 10.5. The van der Waals surface area contributed by atoms with Crippen LogP contribution < -0.4 is 5.73 Å². The third-order valence-corrected chi connectivity index (χ3v) is 2.50. The smallest absolute Gasteiger partial charge is 0.184 e. The van der Waals surface area contributed by atoms with Crippen molar-refractivity contribution in [1.82, 2.24) is 0 Å². The first-order valence-corrected chi connectivity index (χ1v) is 4.94. The third-order valence-electron chi connectivity index (χ3n) is 2.50. The van der Waals surface area contributed by atoms with Gasteiger partial charge >= 0.3 is 0 Å². The van der Waals surface area contributed by atoms with E-state index in [1.54, 1.807) is 6.07 Å². The molecule has 82 valence electrons. The molecule has 2 rings (SSSR count). The molecule has 0 bridgehead atoms. The molecule has 1 aromatic rings. The van der Waals surface area contributed by atoms with E-state index in [1.165, 1.54) is 12.1 Å². The van der Waals surface area contributed by atoms with Gasteiger partial charge in [0.1, 0.15) is 5.82 Å². The second-order valence-electron chi connectivity index (χ2n) is 3.66. The molecule has 1 aliphatic heterocycles. The van der Waals surface area contributed by atoms with Crippen LogP contribution in [0, 0.1) is 12.7 Å². The Morgan fingerprint density at radius 1 is 1.53 bits per heavy atom. The van der Waals surface area contributed by atoms with Crippen LogP contribution in [-0.2, 0) is 9.47 Å². The van der Waals surface area contributed by atoms with Crippen LogP contribution in [0.4, 0.5) is 4.39 Å². The van der Waals surface area contributed by atoms with Gasteiger partial charge in [-0.1, -0.05) is 6.07 Å². The Labute approximate surface area is 88.0 Å². The molecule has 4 heteroatoms. The van der Waals surface area contributed by atoms with Crippen LogP contribution in [0.5, 0.6) is 0 Å². The lowest BCUT2D eigenvalue weighted by Gasteiger charge is -2.13. The number of nitrogens with two attached hydrogens (primary N) is 1. The molecule has 1 heterocycles. The van der Waals surface area contributed by atoms with Gasteiger partial charge in [-0.25, -0.2) is 4.39 Å². The fourth-order valence-electron chi connectivity index (χ4n) is 1.64. The minimum Gasteiger partial charge on any atom is -0.346 e. The summed E-state index contributed by atoms with van der Waals surface area (Å²) in [5.74, 6) is -0.246. The molecule has 1 fully saturated rings. The lowest BCUT2D eigenvalue weighted by atomic mass is 10.1. The second kappa shape index (κ2) is 4.26. The van der Waals surface area contributed by atoms with E-state index in [-0.39, 0.29) is 11.9 Å². The van der Waals surface area contributed by atoms with Gasteiger partial charge in [0.15, 0.2) is 6.29 Å². The van der Waals surface area contributed by atoms with E-state index < -0.39 is 6.29 Å². The first-order valence-electron chi connectivity index (χ1n) is 4.94. The highest BCUT2D eigenvalue weighted by Crippen LogP contribution is 2.28. The Balaban J connectivity index is 2.17. The average molecular weight is 211 g/mol. The predicted octanol–water partition coefficient (Wildman–Crippen LogP) is 1.51. The van der Waals surface area contributed by atoms with E-state index in [2.05, 4.69) is 0 Å². The molecular formula is C11H14FNO2. The molecule has 0 spiro atoms. The number of hydrogen-bond acceptors (Lipinski definition) is 3.